The summed E-state index contributed by atoms with van der Waals surface area (Å²) in [5, 5.41) is 13.4. The predicted molar refractivity (Wildman–Crippen MR) is 124 cm³/mol. The Kier molecular flexibility index (Phi) is 8.00. The number of carbonyl (C=O) groups is 1. The van der Waals surface area contributed by atoms with Gasteiger partial charge in [-0.2, -0.15) is 0 Å². The summed E-state index contributed by atoms with van der Waals surface area (Å²) in [6, 6.07) is 9.65. The van der Waals surface area contributed by atoms with Crippen LogP contribution in [0, 0.1) is 0 Å². The number of benzene rings is 2. The molecule has 0 aliphatic rings. The highest BCUT2D eigenvalue weighted by molar-refractivity contribution is 6.37. The second-order valence-corrected chi connectivity index (χ2v) is 8.41. The molecule has 0 aliphatic carbocycles. The molecule has 0 atom stereocenters. The number of nitrogens with one attached hydrogen (secondary N) is 1. The van der Waals surface area contributed by atoms with E-state index in [2.05, 4.69) is 22.4 Å². The van der Waals surface area contributed by atoms with Gasteiger partial charge in [0.2, 0.25) is 0 Å². The Morgan fingerprint density at radius 1 is 0.867 bits per heavy atom. The van der Waals surface area contributed by atoms with Crippen LogP contribution in [0.1, 0.15) is 32.6 Å². The molecule has 3 rings (SSSR count). The van der Waals surface area contributed by atoms with Crippen molar-refractivity contribution in [2.75, 3.05) is 6.54 Å². The molecule has 1 N–H and O–H groups in total. The molecule has 0 bridgehead atoms. The van der Waals surface area contributed by atoms with Crippen LogP contribution in [0.15, 0.2) is 36.4 Å². The molecule has 30 heavy (non-hydrogen) atoms. The number of hydrogen-bond acceptors (Lipinski definition) is 3. The summed E-state index contributed by atoms with van der Waals surface area (Å²) in [7, 11) is 0. The van der Waals surface area contributed by atoms with Crippen LogP contribution >= 0.6 is 46.4 Å². The van der Waals surface area contributed by atoms with Gasteiger partial charge in [-0.3, -0.25) is 0 Å². The molecule has 9 heteroatoms. The summed E-state index contributed by atoms with van der Waals surface area (Å²) in [5.74, 6) is 0. The number of aromatic nitrogens is 3. The van der Waals surface area contributed by atoms with Crippen molar-refractivity contribution in [3.8, 4) is 22.5 Å². The average Bonchev–Trinajstić information content (AvgIpc) is 3.12. The van der Waals surface area contributed by atoms with Gasteiger partial charge in [0.15, 0.2) is 0 Å². The number of unbranched alkanes of at least 4 members (excludes halogenated alkanes) is 3. The lowest BCUT2D eigenvalue weighted by molar-refractivity contribution is 0.236. The zero-order valence-electron chi connectivity index (χ0n) is 16.3. The zero-order valence-corrected chi connectivity index (χ0v) is 19.3. The highest BCUT2D eigenvalue weighted by atomic mass is 35.5. The normalized spacial score (nSPS) is 11.0. The maximum absolute atomic E-state index is 12.6. The first kappa shape index (κ1) is 22.9. The van der Waals surface area contributed by atoms with E-state index < -0.39 is 6.03 Å². The van der Waals surface area contributed by atoms with Gasteiger partial charge in [0.05, 0.1) is 10.0 Å². The first-order valence-electron chi connectivity index (χ1n) is 9.57. The van der Waals surface area contributed by atoms with Crippen molar-refractivity contribution in [2.45, 2.75) is 32.6 Å². The molecule has 2 aromatic carbocycles. The largest absolute Gasteiger partial charge is 0.359 e. The van der Waals surface area contributed by atoms with Crippen molar-refractivity contribution in [3.05, 3.63) is 56.5 Å². The van der Waals surface area contributed by atoms with Gasteiger partial charge in [0, 0.05) is 27.7 Å². The van der Waals surface area contributed by atoms with Crippen LogP contribution in [0.25, 0.3) is 22.5 Å². The predicted octanol–water partition coefficient (Wildman–Crippen LogP) is 7.36. The fourth-order valence-electron chi connectivity index (χ4n) is 2.94. The molecule has 3 aromatic rings. The molecular weight excluding hydrogens is 466 g/mol. The summed E-state index contributed by atoms with van der Waals surface area (Å²) in [6.45, 7) is 2.69. The molecule has 0 spiro atoms. The number of rotatable bonds is 7. The summed E-state index contributed by atoms with van der Waals surface area (Å²) in [6.07, 6.45) is 4.21. The van der Waals surface area contributed by atoms with Crippen molar-refractivity contribution in [1.82, 2.24) is 20.3 Å². The fourth-order valence-corrected chi connectivity index (χ4v) is 3.94. The highest BCUT2D eigenvalue weighted by Gasteiger charge is 2.22. The van der Waals surface area contributed by atoms with Gasteiger partial charge in [-0.25, -0.2) is 4.79 Å². The van der Waals surface area contributed by atoms with Crippen LogP contribution in [-0.4, -0.2) is 27.6 Å². The third-order valence-corrected chi connectivity index (χ3v) is 5.57. The Morgan fingerprint density at radius 2 is 1.40 bits per heavy atom. The van der Waals surface area contributed by atoms with Crippen molar-refractivity contribution < 1.29 is 4.79 Å². The fraction of sp³-hybridized carbons (Fsp3) is 0.286. The monoisotopic (exact) mass is 484 g/mol. The van der Waals surface area contributed by atoms with Gasteiger partial charge in [-0.15, -0.1) is 10.2 Å². The van der Waals surface area contributed by atoms with Gasteiger partial charge in [-0.05, 0) is 42.8 Å². The van der Waals surface area contributed by atoms with Crippen molar-refractivity contribution in [3.63, 3.8) is 0 Å². The van der Waals surface area contributed by atoms with E-state index >= 15 is 0 Å². The molecule has 0 saturated carbocycles. The first-order chi connectivity index (χ1) is 14.4. The number of hydrogen-bond donors (Lipinski definition) is 1. The second kappa shape index (κ2) is 10.5. The Labute approximate surface area is 195 Å². The number of halogens is 4. The van der Waals surface area contributed by atoms with Crippen LogP contribution in [0.5, 0.6) is 0 Å². The Balaban J connectivity index is 1.98. The van der Waals surface area contributed by atoms with Gasteiger partial charge in [0.25, 0.3) is 0 Å². The van der Waals surface area contributed by atoms with Crippen molar-refractivity contribution in [1.29, 1.82) is 0 Å². The maximum Gasteiger partial charge on any atom is 0.359 e. The Bertz CT molecular complexity index is 982. The second-order valence-electron chi connectivity index (χ2n) is 6.73. The van der Waals surface area contributed by atoms with Gasteiger partial charge < -0.3 is 5.32 Å². The number of amides is 1. The van der Waals surface area contributed by atoms with Crippen LogP contribution in [0.3, 0.4) is 0 Å². The van der Waals surface area contributed by atoms with Gasteiger partial charge in [0.1, 0.15) is 11.4 Å². The van der Waals surface area contributed by atoms with Gasteiger partial charge >= 0.3 is 6.03 Å². The summed E-state index contributed by atoms with van der Waals surface area (Å²) in [4.78, 5) is 13.6. The lowest BCUT2D eigenvalue weighted by Gasteiger charge is -2.06. The molecule has 1 amide bonds. The van der Waals surface area contributed by atoms with Crippen LogP contribution < -0.4 is 5.32 Å². The quantitative estimate of drug-likeness (QED) is 0.355. The Morgan fingerprint density at radius 3 is 1.87 bits per heavy atom. The average molecular weight is 486 g/mol. The number of nitrogens with zero attached hydrogens (tertiary/aromatic N) is 3. The van der Waals surface area contributed by atoms with E-state index in [0.717, 1.165) is 30.5 Å². The topological polar surface area (TPSA) is 59.8 Å². The van der Waals surface area contributed by atoms with E-state index in [-0.39, 0.29) is 0 Å². The van der Waals surface area contributed by atoms with E-state index in [0.29, 0.717) is 49.2 Å². The number of carbonyl (C=O) groups excluding carboxylic acids is 1. The van der Waals surface area contributed by atoms with Crippen molar-refractivity contribution in [2.24, 2.45) is 0 Å². The smallest absolute Gasteiger partial charge is 0.335 e. The van der Waals surface area contributed by atoms with E-state index in [1.165, 1.54) is 0 Å². The molecule has 0 saturated heterocycles. The third kappa shape index (κ3) is 5.46. The molecule has 1 aromatic heterocycles. The van der Waals surface area contributed by atoms with Crippen LogP contribution in [0.2, 0.25) is 20.1 Å². The SMILES string of the molecule is CCCCCCNC(=O)n1nc(-c2ccc(Cl)cc2Cl)c(-c2ccc(Cl)cc2Cl)n1. The molecule has 0 unspecified atom stereocenters. The molecule has 0 fully saturated rings. The molecule has 5 nitrogen and oxygen atoms in total. The highest BCUT2D eigenvalue weighted by Crippen LogP contribution is 2.38. The summed E-state index contributed by atoms with van der Waals surface area (Å²) >= 11 is 24.8. The van der Waals surface area contributed by atoms with Crippen molar-refractivity contribution >= 4 is 52.4 Å². The lowest BCUT2D eigenvalue weighted by atomic mass is 10.0. The van der Waals surface area contributed by atoms with E-state index in [4.69, 9.17) is 46.4 Å². The van der Waals surface area contributed by atoms with E-state index in [9.17, 15) is 4.79 Å². The van der Waals surface area contributed by atoms with Gasteiger partial charge in [-0.1, -0.05) is 77.4 Å². The first-order valence-corrected chi connectivity index (χ1v) is 11.1. The van der Waals surface area contributed by atoms with Crippen LogP contribution in [0.4, 0.5) is 4.79 Å². The Hall–Kier alpha value is -1.79. The minimum atomic E-state index is -0.422. The van der Waals surface area contributed by atoms with E-state index in [1.807, 2.05) is 0 Å². The van der Waals surface area contributed by atoms with E-state index in [1.54, 1.807) is 36.4 Å². The standard InChI is InChI=1S/C21H20Cl4N4O/c1-2-3-4-5-10-26-21(30)29-27-19(15-8-6-13(22)11-17(15)24)20(28-29)16-9-7-14(23)12-18(16)25/h6-9,11-12H,2-5,10H2,1H3,(H,26,30). The molecule has 1 heterocycles. The zero-order chi connectivity index (χ0) is 21.7. The van der Waals surface area contributed by atoms with Crippen LogP contribution in [-0.2, 0) is 0 Å². The third-order valence-electron chi connectivity index (χ3n) is 4.47. The molecule has 0 radical (unpaired) electrons. The summed E-state index contributed by atoms with van der Waals surface area (Å²) < 4.78 is 0. The minimum absolute atomic E-state index is 0.390. The molecule has 0 aliphatic heterocycles. The molecular formula is C21H20Cl4N4O. The minimum Gasteiger partial charge on any atom is -0.335 e. The lowest BCUT2D eigenvalue weighted by Crippen LogP contribution is -2.31. The molecule has 158 valence electrons. The summed E-state index contributed by atoms with van der Waals surface area (Å²) in [5.41, 5.74) is 2.01. The maximum atomic E-state index is 12.6.